The van der Waals surface area contributed by atoms with Crippen molar-refractivity contribution in [3.63, 3.8) is 0 Å². The third kappa shape index (κ3) is 3.69. The number of aromatic amines is 1. The van der Waals surface area contributed by atoms with E-state index in [1.165, 1.54) is 6.20 Å². The van der Waals surface area contributed by atoms with E-state index in [9.17, 15) is 14.9 Å². The SMILES string of the molecule is N#Cc1cccc(-c2ccc3c(NCc4cccnn4)nc4c(C(N)=O)c[nH]c(=O)c4c3c2)c1. The molecule has 0 aliphatic heterocycles. The summed E-state index contributed by atoms with van der Waals surface area (Å²) in [6.45, 7) is 0.336. The van der Waals surface area contributed by atoms with E-state index >= 15 is 0 Å². The first-order valence-corrected chi connectivity index (χ1v) is 10.3. The molecule has 0 aliphatic carbocycles. The molecule has 2 aromatic carbocycles. The van der Waals surface area contributed by atoms with E-state index in [0.29, 0.717) is 34.4 Å². The summed E-state index contributed by atoms with van der Waals surface area (Å²) < 4.78 is 0. The number of nitrogens with one attached hydrogen (secondary N) is 2. The van der Waals surface area contributed by atoms with E-state index in [-0.39, 0.29) is 22.0 Å². The lowest BCUT2D eigenvalue weighted by atomic mass is 9.97. The fourth-order valence-corrected chi connectivity index (χ4v) is 3.89. The topological polar surface area (TPSA) is 150 Å². The van der Waals surface area contributed by atoms with Crippen molar-refractivity contribution >= 4 is 33.4 Å². The van der Waals surface area contributed by atoms with E-state index in [4.69, 9.17) is 5.73 Å². The maximum absolute atomic E-state index is 12.9. The minimum atomic E-state index is -0.703. The molecule has 164 valence electrons. The molecule has 0 spiro atoms. The van der Waals surface area contributed by atoms with Crippen molar-refractivity contribution < 1.29 is 4.79 Å². The molecule has 34 heavy (non-hydrogen) atoms. The van der Waals surface area contributed by atoms with Gasteiger partial charge in [-0.15, -0.1) is 0 Å². The smallest absolute Gasteiger partial charge is 0.258 e. The third-order valence-corrected chi connectivity index (χ3v) is 5.49. The molecule has 9 nitrogen and oxygen atoms in total. The van der Waals surface area contributed by atoms with Crippen molar-refractivity contribution in [1.29, 1.82) is 5.26 Å². The van der Waals surface area contributed by atoms with Crippen LogP contribution in [0.15, 0.2) is 71.8 Å². The standard InChI is InChI=1S/C25H17N7O2/c26-11-14-3-1-4-15(9-14)16-6-7-18-19(10-16)21-22(20(23(27)33)13-29-25(21)34)31-24(18)28-12-17-5-2-8-30-32-17/h1-10,13H,12H2,(H2,27,33)(H,28,31)(H,29,34). The van der Waals surface area contributed by atoms with Gasteiger partial charge in [-0.25, -0.2) is 4.98 Å². The minimum absolute atomic E-state index is 0.107. The molecule has 5 aromatic rings. The van der Waals surface area contributed by atoms with Gasteiger partial charge in [0, 0.05) is 23.2 Å². The lowest BCUT2D eigenvalue weighted by Crippen LogP contribution is -2.17. The fourth-order valence-electron chi connectivity index (χ4n) is 3.89. The number of hydrogen-bond acceptors (Lipinski definition) is 7. The van der Waals surface area contributed by atoms with Gasteiger partial charge in [-0.1, -0.05) is 24.3 Å². The van der Waals surface area contributed by atoms with Crippen LogP contribution in [0.3, 0.4) is 0 Å². The Kier molecular flexibility index (Phi) is 5.16. The number of fused-ring (bicyclic) bond motifs is 3. The van der Waals surface area contributed by atoms with Crippen LogP contribution in [0, 0.1) is 11.3 Å². The molecule has 0 saturated heterocycles. The van der Waals surface area contributed by atoms with Crippen LogP contribution >= 0.6 is 0 Å². The zero-order valence-corrected chi connectivity index (χ0v) is 17.7. The highest BCUT2D eigenvalue weighted by Crippen LogP contribution is 2.33. The molecule has 0 atom stereocenters. The van der Waals surface area contributed by atoms with Crippen LogP contribution in [-0.4, -0.2) is 26.1 Å². The number of nitriles is 1. The summed E-state index contributed by atoms with van der Waals surface area (Å²) in [5.74, 6) is -0.232. The number of rotatable bonds is 5. The van der Waals surface area contributed by atoms with Crippen LogP contribution < -0.4 is 16.6 Å². The van der Waals surface area contributed by atoms with Gasteiger partial charge in [0.05, 0.1) is 40.3 Å². The van der Waals surface area contributed by atoms with Crippen LogP contribution in [0.5, 0.6) is 0 Å². The first-order chi connectivity index (χ1) is 16.5. The van der Waals surface area contributed by atoms with Crippen molar-refractivity contribution in [1.82, 2.24) is 20.2 Å². The van der Waals surface area contributed by atoms with Crippen LogP contribution in [0.4, 0.5) is 5.82 Å². The normalized spacial score (nSPS) is 10.8. The summed E-state index contributed by atoms with van der Waals surface area (Å²) in [6, 6.07) is 18.5. The Morgan fingerprint density at radius 1 is 1.09 bits per heavy atom. The second-order valence-electron chi connectivity index (χ2n) is 7.60. The van der Waals surface area contributed by atoms with Crippen LogP contribution in [0.2, 0.25) is 0 Å². The maximum Gasteiger partial charge on any atom is 0.258 e. The molecule has 0 saturated carbocycles. The van der Waals surface area contributed by atoms with Gasteiger partial charge in [0.1, 0.15) is 5.82 Å². The van der Waals surface area contributed by atoms with Gasteiger partial charge in [0.25, 0.3) is 11.5 Å². The molecule has 0 aliphatic rings. The average molecular weight is 447 g/mol. The number of carbonyl (C=O) groups is 1. The maximum atomic E-state index is 12.9. The van der Waals surface area contributed by atoms with Gasteiger partial charge in [-0.3, -0.25) is 9.59 Å². The molecule has 0 radical (unpaired) electrons. The molecule has 0 unspecified atom stereocenters. The Bertz CT molecular complexity index is 1670. The number of pyridine rings is 2. The first-order valence-electron chi connectivity index (χ1n) is 10.3. The van der Waals surface area contributed by atoms with Gasteiger partial charge in [-0.05, 0) is 41.5 Å². The van der Waals surface area contributed by atoms with Crippen molar-refractivity contribution in [2.24, 2.45) is 5.73 Å². The van der Waals surface area contributed by atoms with Crippen LogP contribution in [0.25, 0.3) is 32.8 Å². The quantitative estimate of drug-likeness (QED) is 0.350. The lowest BCUT2D eigenvalue weighted by molar-refractivity contribution is 0.100. The second-order valence-corrected chi connectivity index (χ2v) is 7.60. The van der Waals surface area contributed by atoms with E-state index in [2.05, 4.69) is 31.6 Å². The number of anilines is 1. The number of H-pyrrole nitrogens is 1. The van der Waals surface area contributed by atoms with E-state index < -0.39 is 5.91 Å². The third-order valence-electron chi connectivity index (χ3n) is 5.49. The second kappa shape index (κ2) is 8.44. The average Bonchev–Trinajstić information content (AvgIpc) is 2.87. The van der Waals surface area contributed by atoms with Gasteiger partial charge >= 0.3 is 0 Å². The van der Waals surface area contributed by atoms with Crippen molar-refractivity contribution in [2.45, 2.75) is 6.54 Å². The van der Waals surface area contributed by atoms with Crippen molar-refractivity contribution in [3.8, 4) is 17.2 Å². The molecule has 3 heterocycles. The fraction of sp³-hybridized carbons (Fsp3) is 0.0400. The van der Waals surface area contributed by atoms with Gasteiger partial charge < -0.3 is 16.0 Å². The molecule has 4 N–H and O–H groups in total. The number of carbonyl (C=O) groups excluding carboxylic acids is 1. The number of aromatic nitrogens is 4. The number of hydrogen-bond donors (Lipinski definition) is 3. The number of nitrogens with two attached hydrogens (primary N) is 1. The molecule has 0 fully saturated rings. The van der Waals surface area contributed by atoms with Gasteiger partial charge in [0.15, 0.2) is 0 Å². The predicted molar refractivity (Wildman–Crippen MR) is 128 cm³/mol. The number of primary amides is 1. The largest absolute Gasteiger partial charge is 0.365 e. The van der Waals surface area contributed by atoms with Crippen LogP contribution in [0.1, 0.15) is 21.6 Å². The Hall–Kier alpha value is -5.10. The number of nitrogens with zero attached hydrogens (tertiary/aromatic N) is 4. The Balaban J connectivity index is 1.77. The highest BCUT2D eigenvalue weighted by atomic mass is 16.1. The first kappa shape index (κ1) is 20.8. The Labute approximate surface area is 192 Å². The van der Waals surface area contributed by atoms with Gasteiger partial charge in [0.2, 0.25) is 0 Å². The monoisotopic (exact) mass is 447 g/mol. The number of amides is 1. The predicted octanol–water partition coefficient (Wildman–Crippen LogP) is 3.12. The molecule has 3 aromatic heterocycles. The molecule has 9 heteroatoms. The lowest BCUT2D eigenvalue weighted by Gasteiger charge is -2.14. The summed E-state index contributed by atoms with van der Waals surface area (Å²) in [7, 11) is 0. The minimum Gasteiger partial charge on any atom is -0.365 e. The summed E-state index contributed by atoms with van der Waals surface area (Å²) in [5.41, 5.74) is 8.34. The van der Waals surface area contributed by atoms with Gasteiger partial charge in [-0.2, -0.15) is 15.5 Å². The molecular formula is C25H17N7O2. The summed E-state index contributed by atoms with van der Waals surface area (Å²) >= 11 is 0. The Morgan fingerprint density at radius 2 is 1.94 bits per heavy atom. The highest BCUT2D eigenvalue weighted by molar-refractivity contribution is 6.15. The summed E-state index contributed by atoms with van der Waals surface area (Å²) in [4.78, 5) is 32.2. The molecule has 1 amide bonds. The highest BCUT2D eigenvalue weighted by Gasteiger charge is 2.18. The number of benzene rings is 2. The summed E-state index contributed by atoms with van der Waals surface area (Å²) in [5, 5.41) is 22.0. The Morgan fingerprint density at radius 3 is 2.71 bits per heavy atom. The van der Waals surface area contributed by atoms with Crippen LogP contribution in [-0.2, 0) is 6.54 Å². The molecule has 5 rings (SSSR count). The zero-order valence-electron chi connectivity index (χ0n) is 17.7. The molecule has 0 bridgehead atoms. The van der Waals surface area contributed by atoms with E-state index in [1.54, 1.807) is 30.5 Å². The van der Waals surface area contributed by atoms with Crippen molar-refractivity contribution in [2.75, 3.05) is 5.32 Å². The summed E-state index contributed by atoms with van der Waals surface area (Å²) in [6.07, 6.45) is 2.86. The van der Waals surface area contributed by atoms with E-state index in [0.717, 1.165) is 11.1 Å². The zero-order chi connectivity index (χ0) is 23.7. The van der Waals surface area contributed by atoms with Crippen molar-refractivity contribution in [3.05, 3.63) is 94.2 Å². The molecular weight excluding hydrogens is 430 g/mol. The van der Waals surface area contributed by atoms with E-state index in [1.807, 2.05) is 30.3 Å².